The highest BCUT2D eigenvalue weighted by Crippen LogP contribution is 2.16. The highest BCUT2D eigenvalue weighted by Gasteiger charge is 1.96. The summed E-state index contributed by atoms with van der Waals surface area (Å²) in [5.74, 6) is 0. The van der Waals surface area contributed by atoms with E-state index in [4.69, 9.17) is 0 Å². The number of allylic oxidation sites excluding steroid dienone is 5. The molecule has 0 amide bonds. The minimum atomic E-state index is 1.02. The van der Waals surface area contributed by atoms with Gasteiger partial charge >= 0.3 is 0 Å². The molecule has 0 aromatic carbocycles. The second kappa shape index (κ2) is 19.7. The number of hydrogen-bond donors (Lipinski definition) is 0. The van der Waals surface area contributed by atoms with Crippen LogP contribution in [0.2, 0.25) is 0 Å². The molecule has 0 aromatic heterocycles. The van der Waals surface area contributed by atoms with Crippen LogP contribution in [0.5, 0.6) is 0 Å². The third kappa shape index (κ3) is 13.2. The zero-order chi connectivity index (χ0) is 13.4. The predicted molar refractivity (Wildman–Crippen MR) is 79.9 cm³/mol. The minimum Gasteiger partial charge on any atom is -0.103 e. The van der Waals surface area contributed by atoms with Crippen LogP contribution >= 0.6 is 0 Å². The van der Waals surface area contributed by atoms with Gasteiger partial charge in [-0.05, 0) is 33.1 Å². The molecule has 0 saturated carbocycles. The monoisotopic (exact) mass is 224 g/mol. The second-order valence-corrected chi connectivity index (χ2v) is 2.92. The Hall–Kier alpha value is -0.780. The van der Waals surface area contributed by atoms with E-state index in [-0.39, 0.29) is 0 Å². The van der Waals surface area contributed by atoms with Crippen molar-refractivity contribution in [3.05, 3.63) is 36.0 Å². The summed E-state index contributed by atoms with van der Waals surface area (Å²) >= 11 is 0. The fraction of sp³-hybridized carbons (Fsp3) is 0.625. The number of hydrogen-bond acceptors (Lipinski definition) is 0. The van der Waals surface area contributed by atoms with E-state index in [1.165, 1.54) is 11.1 Å². The van der Waals surface area contributed by atoms with Crippen LogP contribution in [-0.2, 0) is 0 Å². The first-order valence-electron chi connectivity index (χ1n) is 6.67. The lowest BCUT2D eigenvalue weighted by Gasteiger charge is -2.06. The van der Waals surface area contributed by atoms with Crippen molar-refractivity contribution in [1.29, 1.82) is 0 Å². The van der Waals surface area contributed by atoms with Crippen molar-refractivity contribution in [1.82, 2.24) is 0 Å². The van der Waals surface area contributed by atoms with E-state index in [0.717, 1.165) is 19.3 Å². The summed E-state index contributed by atoms with van der Waals surface area (Å²) in [6, 6.07) is 0. The summed E-state index contributed by atoms with van der Waals surface area (Å²) in [5, 5.41) is 0. The maximum Gasteiger partial charge on any atom is -0.0106 e. The quantitative estimate of drug-likeness (QED) is 0.480. The Balaban J connectivity index is -0.000000376. The van der Waals surface area contributed by atoms with Crippen molar-refractivity contribution in [3.63, 3.8) is 0 Å². The molecule has 0 nitrogen and oxygen atoms in total. The van der Waals surface area contributed by atoms with Crippen molar-refractivity contribution in [3.8, 4) is 0 Å². The van der Waals surface area contributed by atoms with Gasteiger partial charge in [-0.2, -0.15) is 0 Å². The lowest BCUT2D eigenvalue weighted by atomic mass is 10.0. The van der Waals surface area contributed by atoms with Crippen molar-refractivity contribution in [2.45, 2.75) is 67.7 Å². The molecule has 0 aliphatic heterocycles. The first kappa shape index (κ1) is 20.6. The zero-order valence-corrected chi connectivity index (χ0v) is 12.6. The predicted octanol–water partition coefficient (Wildman–Crippen LogP) is 6.31. The van der Waals surface area contributed by atoms with Crippen LogP contribution in [-0.4, -0.2) is 0 Å². The molecule has 0 unspecified atom stereocenters. The largest absolute Gasteiger partial charge is 0.103 e. The van der Waals surface area contributed by atoms with E-state index in [1.54, 1.807) is 0 Å². The molecule has 0 heteroatoms. The Morgan fingerprint density at radius 2 is 1.38 bits per heavy atom. The van der Waals surface area contributed by atoms with Gasteiger partial charge in [0.05, 0.1) is 0 Å². The third-order valence-corrected chi connectivity index (χ3v) is 2.13. The van der Waals surface area contributed by atoms with Gasteiger partial charge in [-0.25, -0.2) is 0 Å². The molecule has 0 aromatic rings. The van der Waals surface area contributed by atoms with E-state index >= 15 is 0 Å². The Bertz CT molecular complexity index is 182. The van der Waals surface area contributed by atoms with Crippen LogP contribution in [0, 0.1) is 0 Å². The van der Waals surface area contributed by atoms with Gasteiger partial charge in [0, 0.05) is 0 Å². The molecule has 0 atom stereocenters. The molecular weight excluding hydrogens is 192 g/mol. The molecule has 0 spiro atoms. The topological polar surface area (TPSA) is 0 Å². The van der Waals surface area contributed by atoms with Crippen LogP contribution in [0.15, 0.2) is 36.0 Å². The van der Waals surface area contributed by atoms with E-state index in [9.17, 15) is 0 Å². The average molecular weight is 224 g/mol. The molecule has 0 radical (unpaired) electrons. The van der Waals surface area contributed by atoms with E-state index < -0.39 is 0 Å². The second-order valence-electron chi connectivity index (χ2n) is 2.92. The Morgan fingerprint density at radius 3 is 1.62 bits per heavy atom. The Morgan fingerprint density at radius 1 is 0.938 bits per heavy atom. The van der Waals surface area contributed by atoms with Crippen molar-refractivity contribution >= 4 is 0 Å². The van der Waals surface area contributed by atoms with Gasteiger partial charge in [0.1, 0.15) is 0 Å². The molecule has 0 aliphatic carbocycles. The van der Waals surface area contributed by atoms with Gasteiger partial charge in [-0.1, -0.05) is 64.0 Å². The Kier molecular flexibility index (Phi) is 25.4. The van der Waals surface area contributed by atoms with Gasteiger partial charge < -0.3 is 0 Å². The molecule has 16 heavy (non-hydrogen) atoms. The van der Waals surface area contributed by atoms with Crippen LogP contribution in [0.3, 0.4) is 0 Å². The average Bonchev–Trinajstić information content (AvgIpc) is 2.39. The normalized spacial score (nSPS) is 10.7. The van der Waals surface area contributed by atoms with Crippen LogP contribution in [0.25, 0.3) is 0 Å². The van der Waals surface area contributed by atoms with Gasteiger partial charge in [0.2, 0.25) is 0 Å². The molecular formula is C16H32. The van der Waals surface area contributed by atoms with Crippen molar-refractivity contribution in [2.24, 2.45) is 0 Å². The van der Waals surface area contributed by atoms with Crippen molar-refractivity contribution < 1.29 is 0 Å². The van der Waals surface area contributed by atoms with Crippen molar-refractivity contribution in [2.75, 3.05) is 0 Å². The summed E-state index contributed by atoms with van der Waals surface area (Å²) < 4.78 is 0. The summed E-state index contributed by atoms with van der Waals surface area (Å²) in [5.41, 5.74) is 2.99. The molecule has 0 rings (SSSR count). The maximum absolute atomic E-state index is 3.75. The first-order valence-corrected chi connectivity index (χ1v) is 6.67. The molecule has 0 bridgehead atoms. The molecule has 0 N–H and O–H groups in total. The van der Waals surface area contributed by atoms with Crippen LogP contribution in [0.1, 0.15) is 67.7 Å². The summed E-state index contributed by atoms with van der Waals surface area (Å²) in [4.78, 5) is 0. The lowest BCUT2D eigenvalue weighted by Crippen LogP contribution is -1.86. The highest BCUT2D eigenvalue weighted by atomic mass is 14.0. The molecule has 0 heterocycles. The standard InChI is InChI=1S/C12H20.2C2H6/c1-5-9-12(8-4)10-11(6-2)7-3;2*1-2/h5-6,8H,1,7,9-10H2,2-4H3;2*1-2H3/b11-6+,12-8+;;. The van der Waals surface area contributed by atoms with E-state index in [0.29, 0.717) is 0 Å². The lowest BCUT2D eigenvalue weighted by molar-refractivity contribution is 0.955. The fourth-order valence-corrected chi connectivity index (χ4v) is 1.20. The highest BCUT2D eigenvalue weighted by molar-refractivity contribution is 5.16. The molecule has 0 aliphatic rings. The summed E-state index contributed by atoms with van der Waals surface area (Å²) in [7, 11) is 0. The third-order valence-electron chi connectivity index (χ3n) is 2.13. The first-order chi connectivity index (χ1) is 7.78. The van der Waals surface area contributed by atoms with Gasteiger partial charge in [-0.15, -0.1) is 6.58 Å². The number of rotatable bonds is 5. The maximum atomic E-state index is 3.75. The SMILES string of the molecule is C=CC/C(=C\C)C/C(=C/C)CC.CC.CC. The molecule has 0 fully saturated rings. The van der Waals surface area contributed by atoms with Gasteiger partial charge in [0.15, 0.2) is 0 Å². The summed E-state index contributed by atoms with van der Waals surface area (Å²) in [6.07, 6.45) is 9.68. The summed E-state index contributed by atoms with van der Waals surface area (Å²) in [6.45, 7) is 18.2. The van der Waals surface area contributed by atoms with Crippen LogP contribution < -0.4 is 0 Å². The van der Waals surface area contributed by atoms with Gasteiger partial charge in [-0.3, -0.25) is 0 Å². The molecule has 0 saturated heterocycles. The van der Waals surface area contributed by atoms with E-state index in [1.807, 2.05) is 33.8 Å². The van der Waals surface area contributed by atoms with Crippen LogP contribution in [0.4, 0.5) is 0 Å². The Labute approximate surface area is 104 Å². The minimum absolute atomic E-state index is 1.02. The molecule has 96 valence electrons. The van der Waals surface area contributed by atoms with E-state index in [2.05, 4.69) is 39.5 Å². The fourth-order valence-electron chi connectivity index (χ4n) is 1.20. The zero-order valence-electron chi connectivity index (χ0n) is 12.6. The van der Waals surface area contributed by atoms with Gasteiger partial charge in [0.25, 0.3) is 0 Å². The smallest absolute Gasteiger partial charge is 0.0106 e.